The monoisotopic (exact) mass is 324 g/mol. The zero-order valence-corrected chi connectivity index (χ0v) is 13.6. The fourth-order valence-corrected chi connectivity index (χ4v) is 4.18. The molecule has 0 radical (unpaired) electrons. The molecular weight excluding hydrogens is 304 g/mol. The van der Waals surface area contributed by atoms with Crippen molar-refractivity contribution in [3.05, 3.63) is 41.7 Å². The van der Waals surface area contributed by atoms with Crippen LogP contribution in [0, 0.1) is 0 Å². The van der Waals surface area contributed by atoms with Crippen molar-refractivity contribution in [2.75, 3.05) is 0 Å². The number of imidazole rings is 1. The maximum atomic E-state index is 12.1. The van der Waals surface area contributed by atoms with E-state index in [2.05, 4.69) is 9.55 Å². The summed E-state index contributed by atoms with van der Waals surface area (Å²) in [6.07, 6.45) is 2.59. The fourth-order valence-electron chi connectivity index (χ4n) is 4.18. The van der Waals surface area contributed by atoms with E-state index in [0.717, 1.165) is 29.9 Å². The molecule has 1 fully saturated rings. The lowest BCUT2D eigenvalue weighted by Gasteiger charge is -2.26. The van der Waals surface area contributed by atoms with Gasteiger partial charge in [-0.25, -0.2) is 4.98 Å². The molecular formula is C18H20N4O2. The van der Waals surface area contributed by atoms with Crippen LogP contribution in [0.25, 0.3) is 11.4 Å². The van der Waals surface area contributed by atoms with Gasteiger partial charge in [0, 0.05) is 31.5 Å². The maximum Gasteiger partial charge on any atom is 0.269 e. The SMILES string of the molecule is CC(=O)N1[C@@H]2CC[C@H]1Cc1c(C(N)=O)nc(-c3ccccc3)n1C2. The highest BCUT2D eigenvalue weighted by atomic mass is 16.2. The predicted molar refractivity (Wildman–Crippen MR) is 89.2 cm³/mol. The molecule has 6 nitrogen and oxygen atoms in total. The molecule has 4 rings (SSSR count). The molecule has 2 aromatic rings. The van der Waals surface area contributed by atoms with Gasteiger partial charge in [0.15, 0.2) is 0 Å². The topological polar surface area (TPSA) is 81.2 Å². The molecule has 1 aromatic heterocycles. The van der Waals surface area contributed by atoms with Crippen molar-refractivity contribution in [3.8, 4) is 11.4 Å². The molecule has 6 heteroatoms. The maximum absolute atomic E-state index is 12.1. The Labute approximate surface area is 140 Å². The number of amides is 2. The molecule has 0 unspecified atom stereocenters. The van der Waals surface area contributed by atoms with E-state index < -0.39 is 5.91 Å². The molecule has 1 saturated heterocycles. The highest BCUT2D eigenvalue weighted by molar-refractivity contribution is 5.93. The van der Waals surface area contributed by atoms with Crippen LogP contribution in [-0.2, 0) is 17.8 Å². The largest absolute Gasteiger partial charge is 0.364 e. The average Bonchev–Trinajstić information content (AvgIpc) is 3.05. The lowest BCUT2D eigenvalue weighted by atomic mass is 10.1. The number of hydrogen-bond acceptors (Lipinski definition) is 3. The standard InChI is InChI=1S/C18H20N4O2/c1-11(23)22-13-7-8-14(22)10-21-15(9-13)16(17(19)24)20-18(21)12-5-3-2-4-6-12/h2-6,13-14H,7-10H2,1H3,(H2,19,24)/t13-,14+/m0/s1. The highest BCUT2D eigenvalue weighted by Crippen LogP contribution is 2.35. The van der Waals surface area contributed by atoms with E-state index in [1.165, 1.54) is 0 Å². The Bertz CT molecular complexity index is 812. The predicted octanol–water partition coefficient (Wildman–Crippen LogP) is 1.58. The van der Waals surface area contributed by atoms with Gasteiger partial charge in [-0.2, -0.15) is 0 Å². The molecule has 2 aliphatic rings. The minimum atomic E-state index is -0.506. The first-order valence-electron chi connectivity index (χ1n) is 8.29. The van der Waals surface area contributed by atoms with E-state index in [-0.39, 0.29) is 18.0 Å². The van der Waals surface area contributed by atoms with Gasteiger partial charge in [0.2, 0.25) is 5.91 Å². The van der Waals surface area contributed by atoms with Crippen molar-refractivity contribution in [1.29, 1.82) is 0 Å². The third-order valence-corrected chi connectivity index (χ3v) is 5.14. The summed E-state index contributed by atoms with van der Waals surface area (Å²) < 4.78 is 2.09. The molecule has 3 heterocycles. The van der Waals surface area contributed by atoms with Crippen LogP contribution in [0.3, 0.4) is 0 Å². The number of fused-ring (bicyclic) bond motifs is 3. The highest BCUT2D eigenvalue weighted by Gasteiger charge is 2.40. The van der Waals surface area contributed by atoms with E-state index in [1.54, 1.807) is 6.92 Å². The smallest absolute Gasteiger partial charge is 0.269 e. The van der Waals surface area contributed by atoms with E-state index in [1.807, 2.05) is 35.2 Å². The van der Waals surface area contributed by atoms with Gasteiger partial charge in [-0.3, -0.25) is 9.59 Å². The molecule has 0 saturated carbocycles. The number of aromatic nitrogens is 2. The van der Waals surface area contributed by atoms with Crippen LogP contribution < -0.4 is 5.73 Å². The van der Waals surface area contributed by atoms with Crippen LogP contribution in [0.5, 0.6) is 0 Å². The van der Waals surface area contributed by atoms with Crippen molar-refractivity contribution in [3.63, 3.8) is 0 Å². The second-order valence-electron chi connectivity index (χ2n) is 6.59. The number of primary amides is 1. The lowest BCUT2D eigenvalue weighted by Crippen LogP contribution is -2.40. The zero-order chi connectivity index (χ0) is 16.8. The van der Waals surface area contributed by atoms with Gasteiger partial charge in [0.05, 0.1) is 11.7 Å². The Morgan fingerprint density at radius 1 is 1.17 bits per heavy atom. The molecule has 124 valence electrons. The lowest BCUT2D eigenvalue weighted by molar-refractivity contribution is -0.131. The number of rotatable bonds is 2. The third kappa shape index (κ3) is 2.21. The van der Waals surface area contributed by atoms with Crippen molar-refractivity contribution < 1.29 is 9.59 Å². The van der Waals surface area contributed by atoms with Gasteiger partial charge < -0.3 is 15.2 Å². The summed E-state index contributed by atoms with van der Waals surface area (Å²) in [7, 11) is 0. The summed E-state index contributed by atoms with van der Waals surface area (Å²) in [6, 6.07) is 10.1. The van der Waals surface area contributed by atoms with E-state index in [0.29, 0.717) is 18.7 Å². The van der Waals surface area contributed by atoms with Gasteiger partial charge >= 0.3 is 0 Å². The van der Waals surface area contributed by atoms with Crippen molar-refractivity contribution in [2.45, 2.75) is 44.8 Å². The number of carbonyl (C=O) groups is 2. The van der Waals surface area contributed by atoms with Gasteiger partial charge in [-0.05, 0) is 12.8 Å². The van der Waals surface area contributed by atoms with Crippen molar-refractivity contribution >= 4 is 11.8 Å². The minimum absolute atomic E-state index is 0.100. The molecule has 2 aliphatic heterocycles. The van der Waals surface area contributed by atoms with Crippen LogP contribution >= 0.6 is 0 Å². The number of nitrogens with two attached hydrogens (primary N) is 1. The minimum Gasteiger partial charge on any atom is -0.364 e. The molecule has 2 atom stereocenters. The second kappa shape index (κ2) is 5.47. The van der Waals surface area contributed by atoms with Gasteiger partial charge in [0.1, 0.15) is 11.5 Å². The zero-order valence-electron chi connectivity index (χ0n) is 13.6. The molecule has 0 spiro atoms. The first-order valence-corrected chi connectivity index (χ1v) is 8.29. The second-order valence-corrected chi connectivity index (χ2v) is 6.59. The molecule has 2 N–H and O–H groups in total. The summed E-state index contributed by atoms with van der Waals surface area (Å²) in [6.45, 7) is 2.28. The van der Waals surface area contributed by atoms with Crippen molar-refractivity contribution in [2.24, 2.45) is 5.73 Å². The Hall–Kier alpha value is -2.63. The first kappa shape index (κ1) is 14.9. The van der Waals surface area contributed by atoms with Crippen LogP contribution in [0.15, 0.2) is 30.3 Å². The van der Waals surface area contributed by atoms with Crippen LogP contribution in [0.2, 0.25) is 0 Å². The van der Waals surface area contributed by atoms with Crippen LogP contribution in [-0.4, -0.2) is 38.3 Å². The Balaban J connectivity index is 1.87. The Morgan fingerprint density at radius 2 is 1.88 bits per heavy atom. The number of nitrogens with zero attached hydrogens (tertiary/aromatic N) is 3. The van der Waals surface area contributed by atoms with Crippen molar-refractivity contribution in [1.82, 2.24) is 14.5 Å². The number of benzene rings is 1. The summed E-state index contributed by atoms with van der Waals surface area (Å²) in [5.41, 5.74) is 7.73. The number of hydrogen-bond donors (Lipinski definition) is 1. The molecule has 2 bridgehead atoms. The van der Waals surface area contributed by atoms with E-state index in [4.69, 9.17) is 5.73 Å². The summed E-state index contributed by atoms with van der Waals surface area (Å²) >= 11 is 0. The Morgan fingerprint density at radius 3 is 2.54 bits per heavy atom. The summed E-state index contributed by atoms with van der Waals surface area (Å²) in [5.74, 6) is 0.353. The first-order chi connectivity index (χ1) is 11.6. The van der Waals surface area contributed by atoms with Gasteiger partial charge in [0.25, 0.3) is 5.91 Å². The van der Waals surface area contributed by atoms with Crippen LogP contribution in [0.4, 0.5) is 0 Å². The number of carbonyl (C=O) groups excluding carboxylic acids is 2. The molecule has 24 heavy (non-hydrogen) atoms. The molecule has 2 amide bonds. The summed E-state index contributed by atoms with van der Waals surface area (Å²) in [4.78, 5) is 30.5. The quantitative estimate of drug-likeness (QED) is 0.911. The fraction of sp³-hybridized carbons (Fsp3) is 0.389. The van der Waals surface area contributed by atoms with Gasteiger partial charge in [-0.1, -0.05) is 30.3 Å². The molecule has 0 aliphatic carbocycles. The van der Waals surface area contributed by atoms with Crippen LogP contribution in [0.1, 0.15) is 35.9 Å². The molecule has 1 aromatic carbocycles. The van der Waals surface area contributed by atoms with E-state index >= 15 is 0 Å². The third-order valence-electron chi connectivity index (χ3n) is 5.14. The van der Waals surface area contributed by atoms with E-state index in [9.17, 15) is 9.59 Å². The normalized spacial score (nSPS) is 22.1. The Kier molecular flexibility index (Phi) is 3.40. The van der Waals surface area contributed by atoms with Gasteiger partial charge in [-0.15, -0.1) is 0 Å². The summed E-state index contributed by atoms with van der Waals surface area (Å²) in [5, 5.41) is 0. The average molecular weight is 324 g/mol.